The van der Waals surface area contributed by atoms with Gasteiger partial charge < -0.3 is 10.6 Å². The third-order valence-corrected chi connectivity index (χ3v) is 3.94. The Labute approximate surface area is 150 Å². The summed E-state index contributed by atoms with van der Waals surface area (Å²) in [7, 11) is 0. The Morgan fingerprint density at radius 2 is 1.80 bits per heavy atom. The van der Waals surface area contributed by atoms with E-state index < -0.39 is 0 Å². The van der Waals surface area contributed by atoms with Crippen LogP contribution in [0.15, 0.2) is 36.7 Å². The first-order valence-corrected chi connectivity index (χ1v) is 8.73. The number of benzene rings is 1. The van der Waals surface area contributed by atoms with E-state index in [1.165, 1.54) is 11.9 Å². The molecule has 2 N–H and O–H groups in total. The summed E-state index contributed by atoms with van der Waals surface area (Å²) in [6.45, 7) is 11.7. The van der Waals surface area contributed by atoms with E-state index in [0.29, 0.717) is 17.4 Å². The lowest BCUT2D eigenvalue weighted by Crippen LogP contribution is -2.16. The monoisotopic (exact) mass is 340 g/mol. The lowest BCUT2D eigenvalue weighted by atomic mass is 9.87. The number of anilines is 2. The van der Waals surface area contributed by atoms with Crippen molar-refractivity contribution < 1.29 is 4.79 Å². The minimum atomic E-state index is -0.238. The first-order chi connectivity index (χ1) is 11.8. The number of hydrogen-bond donors (Lipinski definition) is 2. The van der Waals surface area contributed by atoms with Crippen LogP contribution in [0.4, 0.5) is 11.5 Å². The molecular formula is C20H28N4O. The maximum Gasteiger partial charge on any atom is 0.274 e. The summed E-state index contributed by atoms with van der Waals surface area (Å²) < 4.78 is 0. The standard InChI is InChI=1S/C20H28N4O/c1-14(2)10-11-21-18-12-17(22-13-23-18)19(25)24-16-8-6-15(7-9-16)20(3,4)5/h6-9,12-14H,10-11H2,1-5H3,(H,24,25)(H,21,22,23). The van der Waals surface area contributed by atoms with Crippen molar-refractivity contribution in [2.24, 2.45) is 5.92 Å². The molecule has 134 valence electrons. The molecule has 0 atom stereocenters. The number of rotatable bonds is 6. The zero-order valence-corrected chi connectivity index (χ0v) is 15.8. The van der Waals surface area contributed by atoms with Gasteiger partial charge in [0.25, 0.3) is 5.91 Å². The van der Waals surface area contributed by atoms with Crippen molar-refractivity contribution >= 4 is 17.4 Å². The summed E-state index contributed by atoms with van der Waals surface area (Å²) in [5.74, 6) is 1.05. The fraction of sp³-hybridized carbons (Fsp3) is 0.450. The molecule has 0 aliphatic rings. The Balaban J connectivity index is 2.00. The Kier molecular flexibility index (Phi) is 6.12. The van der Waals surface area contributed by atoms with Crippen molar-refractivity contribution in [2.45, 2.75) is 46.5 Å². The average molecular weight is 340 g/mol. The van der Waals surface area contributed by atoms with Gasteiger partial charge in [-0.2, -0.15) is 0 Å². The summed E-state index contributed by atoms with van der Waals surface area (Å²) in [4.78, 5) is 20.6. The van der Waals surface area contributed by atoms with Gasteiger partial charge in [-0.1, -0.05) is 46.8 Å². The van der Waals surface area contributed by atoms with E-state index in [2.05, 4.69) is 55.2 Å². The molecule has 0 spiro atoms. The second-order valence-electron chi connectivity index (χ2n) is 7.68. The third kappa shape index (κ3) is 5.85. The molecule has 2 rings (SSSR count). The first kappa shape index (κ1) is 18.9. The smallest absolute Gasteiger partial charge is 0.274 e. The quantitative estimate of drug-likeness (QED) is 0.813. The Hall–Kier alpha value is -2.43. The van der Waals surface area contributed by atoms with Crippen LogP contribution in [0, 0.1) is 5.92 Å². The number of amides is 1. The molecule has 5 heteroatoms. The van der Waals surface area contributed by atoms with Crippen LogP contribution in [0.3, 0.4) is 0 Å². The largest absolute Gasteiger partial charge is 0.370 e. The van der Waals surface area contributed by atoms with Crippen LogP contribution >= 0.6 is 0 Å². The molecule has 0 radical (unpaired) electrons. The topological polar surface area (TPSA) is 66.9 Å². The highest BCUT2D eigenvalue weighted by atomic mass is 16.1. The van der Waals surface area contributed by atoms with Crippen LogP contribution < -0.4 is 10.6 Å². The van der Waals surface area contributed by atoms with Crippen LogP contribution in [0.5, 0.6) is 0 Å². The van der Waals surface area contributed by atoms with Gasteiger partial charge in [0.2, 0.25) is 0 Å². The lowest BCUT2D eigenvalue weighted by Gasteiger charge is -2.19. The van der Waals surface area contributed by atoms with Crippen molar-refractivity contribution in [3.05, 3.63) is 47.9 Å². The second-order valence-corrected chi connectivity index (χ2v) is 7.68. The van der Waals surface area contributed by atoms with Crippen LogP contribution in [-0.4, -0.2) is 22.4 Å². The van der Waals surface area contributed by atoms with Crippen molar-refractivity contribution in [2.75, 3.05) is 17.2 Å². The van der Waals surface area contributed by atoms with Gasteiger partial charge in [0.15, 0.2) is 0 Å². The van der Waals surface area contributed by atoms with E-state index >= 15 is 0 Å². The van der Waals surface area contributed by atoms with Crippen LogP contribution in [0.25, 0.3) is 0 Å². The van der Waals surface area contributed by atoms with E-state index in [1.807, 2.05) is 24.3 Å². The summed E-state index contributed by atoms with van der Waals surface area (Å²) in [6.07, 6.45) is 2.46. The van der Waals surface area contributed by atoms with Crippen molar-refractivity contribution in [3.63, 3.8) is 0 Å². The zero-order valence-electron chi connectivity index (χ0n) is 15.8. The zero-order chi connectivity index (χ0) is 18.4. The lowest BCUT2D eigenvalue weighted by molar-refractivity contribution is 0.102. The Bertz CT molecular complexity index is 702. The number of carbonyl (C=O) groups is 1. The Morgan fingerprint density at radius 1 is 1.12 bits per heavy atom. The number of carbonyl (C=O) groups excluding carboxylic acids is 1. The second kappa shape index (κ2) is 8.10. The minimum Gasteiger partial charge on any atom is -0.370 e. The highest BCUT2D eigenvalue weighted by Crippen LogP contribution is 2.23. The maximum absolute atomic E-state index is 12.4. The number of nitrogens with zero attached hydrogens (tertiary/aromatic N) is 2. The number of nitrogens with one attached hydrogen (secondary N) is 2. The molecule has 0 fully saturated rings. The molecule has 0 bridgehead atoms. The van der Waals surface area contributed by atoms with E-state index in [-0.39, 0.29) is 11.3 Å². The predicted molar refractivity (Wildman–Crippen MR) is 103 cm³/mol. The third-order valence-electron chi connectivity index (χ3n) is 3.94. The van der Waals surface area contributed by atoms with Gasteiger partial charge in [0.05, 0.1) is 0 Å². The van der Waals surface area contributed by atoms with Gasteiger partial charge in [0, 0.05) is 18.3 Å². The molecule has 0 saturated heterocycles. The molecule has 0 aliphatic carbocycles. The summed E-state index contributed by atoms with van der Waals surface area (Å²) in [5.41, 5.74) is 2.42. The van der Waals surface area contributed by atoms with Gasteiger partial charge in [0.1, 0.15) is 17.8 Å². The van der Waals surface area contributed by atoms with Gasteiger partial charge in [-0.05, 0) is 35.4 Å². The fourth-order valence-corrected chi connectivity index (χ4v) is 2.32. The van der Waals surface area contributed by atoms with E-state index in [1.54, 1.807) is 6.07 Å². The molecular weight excluding hydrogens is 312 g/mol. The summed E-state index contributed by atoms with van der Waals surface area (Å²) >= 11 is 0. The van der Waals surface area contributed by atoms with Crippen molar-refractivity contribution in [3.8, 4) is 0 Å². The molecule has 0 aliphatic heterocycles. The first-order valence-electron chi connectivity index (χ1n) is 8.73. The van der Waals surface area contributed by atoms with E-state index in [0.717, 1.165) is 18.7 Å². The van der Waals surface area contributed by atoms with Gasteiger partial charge >= 0.3 is 0 Å². The highest BCUT2D eigenvalue weighted by molar-refractivity contribution is 6.03. The molecule has 1 aromatic heterocycles. The molecule has 5 nitrogen and oxygen atoms in total. The number of hydrogen-bond acceptors (Lipinski definition) is 4. The summed E-state index contributed by atoms with van der Waals surface area (Å²) in [6, 6.07) is 9.59. The maximum atomic E-state index is 12.4. The predicted octanol–water partition coefficient (Wildman–Crippen LogP) is 4.48. The molecule has 1 heterocycles. The molecule has 25 heavy (non-hydrogen) atoms. The SMILES string of the molecule is CC(C)CCNc1cc(C(=O)Nc2ccc(C(C)(C)C)cc2)ncn1. The fourth-order valence-electron chi connectivity index (χ4n) is 2.32. The molecule has 1 amide bonds. The van der Waals surface area contributed by atoms with Crippen molar-refractivity contribution in [1.82, 2.24) is 9.97 Å². The van der Waals surface area contributed by atoms with E-state index in [4.69, 9.17) is 0 Å². The minimum absolute atomic E-state index is 0.0890. The summed E-state index contributed by atoms with van der Waals surface area (Å²) in [5, 5.41) is 6.11. The average Bonchev–Trinajstić information content (AvgIpc) is 2.54. The molecule has 0 unspecified atom stereocenters. The van der Waals surface area contributed by atoms with Crippen LogP contribution in [0.1, 0.15) is 57.1 Å². The molecule has 0 saturated carbocycles. The van der Waals surface area contributed by atoms with Crippen LogP contribution in [0.2, 0.25) is 0 Å². The van der Waals surface area contributed by atoms with Crippen molar-refractivity contribution in [1.29, 1.82) is 0 Å². The molecule has 2 aromatic rings. The Morgan fingerprint density at radius 3 is 2.40 bits per heavy atom. The normalized spacial score (nSPS) is 11.4. The molecule has 1 aromatic carbocycles. The van der Waals surface area contributed by atoms with Gasteiger partial charge in [-0.3, -0.25) is 4.79 Å². The van der Waals surface area contributed by atoms with Gasteiger partial charge in [-0.15, -0.1) is 0 Å². The van der Waals surface area contributed by atoms with Crippen LogP contribution in [-0.2, 0) is 5.41 Å². The van der Waals surface area contributed by atoms with E-state index in [9.17, 15) is 4.79 Å². The number of aromatic nitrogens is 2. The highest BCUT2D eigenvalue weighted by Gasteiger charge is 2.14. The van der Waals surface area contributed by atoms with Gasteiger partial charge in [-0.25, -0.2) is 9.97 Å².